The number of nitrogens with zero attached hydrogens (tertiary/aromatic N) is 2. The number of methoxy groups -OCH3 is 2. The number of hydrogen-bond donors (Lipinski definition) is 1. The first-order valence-corrected chi connectivity index (χ1v) is 13.9. The molecule has 0 fully saturated rings. The van der Waals surface area contributed by atoms with Crippen molar-refractivity contribution in [2.75, 3.05) is 31.3 Å². The van der Waals surface area contributed by atoms with Gasteiger partial charge in [0.05, 0.1) is 26.2 Å². The summed E-state index contributed by atoms with van der Waals surface area (Å²) in [6.45, 7) is 8.82. The van der Waals surface area contributed by atoms with Crippen LogP contribution in [-0.4, -0.2) is 63.7 Å². The summed E-state index contributed by atoms with van der Waals surface area (Å²) in [6.07, 6.45) is 1.38. The molecule has 0 aliphatic rings. The third-order valence-corrected chi connectivity index (χ3v) is 6.78. The highest BCUT2D eigenvalue weighted by molar-refractivity contribution is 7.92. The van der Waals surface area contributed by atoms with Gasteiger partial charge >= 0.3 is 0 Å². The molecule has 37 heavy (non-hydrogen) atoms. The summed E-state index contributed by atoms with van der Waals surface area (Å²) in [4.78, 5) is 28.5. The van der Waals surface area contributed by atoms with Gasteiger partial charge in [0.2, 0.25) is 21.8 Å². The zero-order chi connectivity index (χ0) is 28.0. The molecule has 204 valence electrons. The van der Waals surface area contributed by atoms with E-state index >= 15 is 0 Å². The fourth-order valence-corrected chi connectivity index (χ4v) is 4.77. The van der Waals surface area contributed by atoms with E-state index in [-0.39, 0.29) is 18.1 Å². The highest BCUT2D eigenvalue weighted by Gasteiger charge is 2.33. The number of sulfonamides is 1. The van der Waals surface area contributed by atoms with Crippen LogP contribution in [0.4, 0.5) is 5.69 Å². The lowest BCUT2D eigenvalue weighted by Gasteiger charge is -2.34. The van der Waals surface area contributed by atoms with Crippen molar-refractivity contribution in [2.24, 2.45) is 0 Å². The highest BCUT2D eigenvalue weighted by Crippen LogP contribution is 2.31. The van der Waals surface area contributed by atoms with Crippen molar-refractivity contribution in [1.29, 1.82) is 0 Å². The number of benzene rings is 2. The summed E-state index contributed by atoms with van der Waals surface area (Å²) < 4.78 is 37.5. The third kappa shape index (κ3) is 8.38. The molecule has 2 aromatic carbocycles. The number of carbonyl (C=O) groups is 2. The Labute approximate surface area is 220 Å². The van der Waals surface area contributed by atoms with Gasteiger partial charge in [-0.1, -0.05) is 25.1 Å². The number of rotatable bonds is 11. The lowest BCUT2D eigenvalue weighted by molar-refractivity contribution is -0.141. The first-order valence-electron chi connectivity index (χ1n) is 12.1. The molecule has 9 nitrogen and oxygen atoms in total. The fourth-order valence-electron chi connectivity index (χ4n) is 3.93. The van der Waals surface area contributed by atoms with Gasteiger partial charge < -0.3 is 19.7 Å². The Morgan fingerprint density at radius 1 is 1.05 bits per heavy atom. The maximum absolute atomic E-state index is 13.9. The van der Waals surface area contributed by atoms with Gasteiger partial charge in [-0.2, -0.15) is 0 Å². The van der Waals surface area contributed by atoms with Gasteiger partial charge in [-0.25, -0.2) is 8.42 Å². The Hall–Kier alpha value is -3.27. The van der Waals surface area contributed by atoms with Gasteiger partial charge in [-0.3, -0.25) is 13.9 Å². The number of amides is 2. The van der Waals surface area contributed by atoms with Gasteiger partial charge in [-0.05, 0) is 69.5 Å². The molecule has 0 spiro atoms. The van der Waals surface area contributed by atoms with E-state index in [1.54, 1.807) is 43.5 Å². The summed E-state index contributed by atoms with van der Waals surface area (Å²) in [5.74, 6) is 0.0954. The first-order chi connectivity index (χ1) is 17.2. The molecule has 0 aliphatic heterocycles. The topological polar surface area (TPSA) is 105 Å². The second-order valence-corrected chi connectivity index (χ2v) is 11.9. The van der Waals surface area contributed by atoms with Gasteiger partial charge in [0.25, 0.3) is 0 Å². The zero-order valence-electron chi connectivity index (χ0n) is 23.0. The Morgan fingerprint density at radius 2 is 1.73 bits per heavy atom. The summed E-state index contributed by atoms with van der Waals surface area (Å²) >= 11 is 0. The van der Waals surface area contributed by atoms with Gasteiger partial charge in [0, 0.05) is 12.1 Å². The van der Waals surface area contributed by atoms with Crippen molar-refractivity contribution in [1.82, 2.24) is 10.2 Å². The monoisotopic (exact) mass is 533 g/mol. The van der Waals surface area contributed by atoms with Crippen molar-refractivity contribution < 1.29 is 27.5 Å². The van der Waals surface area contributed by atoms with Crippen LogP contribution in [0.1, 0.15) is 45.2 Å². The lowest BCUT2D eigenvalue weighted by atomic mass is 10.1. The molecule has 0 bridgehead atoms. The number of anilines is 1. The van der Waals surface area contributed by atoms with Gasteiger partial charge in [0.15, 0.2) is 0 Å². The van der Waals surface area contributed by atoms with E-state index in [2.05, 4.69) is 5.32 Å². The van der Waals surface area contributed by atoms with Crippen molar-refractivity contribution in [3.05, 3.63) is 53.6 Å². The van der Waals surface area contributed by atoms with E-state index in [0.717, 1.165) is 21.7 Å². The largest absolute Gasteiger partial charge is 0.497 e. The van der Waals surface area contributed by atoms with Crippen molar-refractivity contribution in [3.63, 3.8) is 0 Å². The molecular formula is C27H39N3O6S. The molecule has 0 heterocycles. The van der Waals surface area contributed by atoms with Gasteiger partial charge in [-0.15, -0.1) is 0 Å². The van der Waals surface area contributed by atoms with E-state index in [9.17, 15) is 18.0 Å². The molecule has 0 radical (unpaired) electrons. The molecule has 1 N–H and O–H groups in total. The molecule has 10 heteroatoms. The summed E-state index contributed by atoms with van der Waals surface area (Å²) in [5, 5.41) is 2.95. The van der Waals surface area contributed by atoms with E-state index in [4.69, 9.17) is 9.47 Å². The minimum absolute atomic E-state index is 0.0919. The quantitative estimate of drug-likeness (QED) is 0.474. The van der Waals surface area contributed by atoms with Crippen molar-refractivity contribution in [2.45, 2.75) is 59.2 Å². The number of ether oxygens (including phenoxy) is 2. The predicted molar refractivity (Wildman–Crippen MR) is 145 cm³/mol. The normalized spacial score (nSPS) is 12.4. The van der Waals surface area contributed by atoms with Crippen LogP contribution in [0.2, 0.25) is 0 Å². The zero-order valence-corrected chi connectivity index (χ0v) is 23.8. The standard InChI is InChI=1S/C27H39N3O6S/c1-9-22(26(32)28-27(3,4)5)29(17-20-11-10-12-21(16-20)35-6)25(31)18-30(37(8,33)34)23-15-19(2)13-14-24(23)36-7/h10-16,22H,9,17-18H2,1-8H3,(H,28,32)/t22-/m1/s1. The highest BCUT2D eigenvalue weighted by atomic mass is 32.2. The molecule has 0 aliphatic carbocycles. The molecule has 2 rings (SSSR count). The second kappa shape index (κ2) is 12.3. The predicted octanol–water partition coefficient (Wildman–Crippen LogP) is 3.50. The van der Waals surface area contributed by atoms with Crippen LogP contribution >= 0.6 is 0 Å². The van der Waals surface area contributed by atoms with E-state index in [1.807, 2.05) is 40.7 Å². The molecule has 1 atom stereocenters. The maximum atomic E-state index is 13.9. The van der Waals surface area contributed by atoms with Crippen LogP contribution in [0, 0.1) is 6.92 Å². The Balaban J connectivity index is 2.55. The summed E-state index contributed by atoms with van der Waals surface area (Å²) in [6, 6.07) is 11.5. The van der Waals surface area contributed by atoms with E-state index in [1.165, 1.54) is 12.0 Å². The third-order valence-electron chi connectivity index (χ3n) is 5.65. The molecule has 2 amide bonds. The second-order valence-electron chi connectivity index (χ2n) is 9.98. The molecule has 0 saturated carbocycles. The number of carbonyl (C=O) groups excluding carboxylic acids is 2. The smallest absolute Gasteiger partial charge is 0.244 e. The Kier molecular flexibility index (Phi) is 9.97. The van der Waals surface area contributed by atoms with Crippen LogP contribution in [0.25, 0.3) is 0 Å². The number of aryl methyl sites for hydroxylation is 1. The maximum Gasteiger partial charge on any atom is 0.244 e. The summed E-state index contributed by atoms with van der Waals surface area (Å²) in [5.41, 5.74) is 1.30. The molecule has 2 aromatic rings. The van der Waals surface area contributed by atoms with Crippen LogP contribution in [0.15, 0.2) is 42.5 Å². The van der Waals surface area contributed by atoms with Crippen LogP contribution < -0.4 is 19.1 Å². The first kappa shape index (κ1) is 30.0. The van der Waals surface area contributed by atoms with E-state index in [0.29, 0.717) is 17.9 Å². The Bertz CT molecular complexity index is 1210. The minimum atomic E-state index is -3.88. The number of nitrogens with one attached hydrogen (secondary N) is 1. The molecule has 0 aromatic heterocycles. The van der Waals surface area contributed by atoms with Gasteiger partial charge in [0.1, 0.15) is 24.1 Å². The van der Waals surface area contributed by atoms with E-state index < -0.39 is 34.1 Å². The average Bonchev–Trinajstić information content (AvgIpc) is 2.80. The summed E-state index contributed by atoms with van der Waals surface area (Å²) in [7, 11) is -0.887. The molecule has 0 saturated heterocycles. The van der Waals surface area contributed by atoms with Crippen LogP contribution in [0.5, 0.6) is 11.5 Å². The molecular weight excluding hydrogens is 494 g/mol. The van der Waals surface area contributed by atoms with Crippen molar-refractivity contribution >= 4 is 27.5 Å². The SMILES string of the molecule is CC[C@H](C(=O)NC(C)(C)C)N(Cc1cccc(OC)c1)C(=O)CN(c1cc(C)ccc1OC)S(C)(=O)=O. The van der Waals surface area contributed by atoms with Crippen LogP contribution in [-0.2, 0) is 26.2 Å². The molecule has 0 unspecified atom stereocenters. The Morgan fingerprint density at radius 3 is 2.27 bits per heavy atom. The minimum Gasteiger partial charge on any atom is -0.497 e. The fraction of sp³-hybridized carbons (Fsp3) is 0.481. The lowest BCUT2D eigenvalue weighted by Crippen LogP contribution is -2.55. The van der Waals surface area contributed by atoms with Crippen LogP contribution in [0.3, 0.4) is 0 Å². The van der Waals surface area contributed by atoms with Crippen molar-refractivity contribution in [3.8, 4) is 11.5 Å². The number of hydrogen-bond acceptors (Lipinski definition) is 6. The average molecular weight is 534 g/mol.